The predicted molar refractivity (Wildman–Crippen MR) is 31.1 cm³/mol. The molecule has 0 amide bonds. The fourth-order valence-electron chi connectivity index (χ4n) is 0.0825. The molecule has 0 aliphatic carbocycles. The van der Waals surface area contributed by atoms with Crippen LogP contribution in [0.4, 0.5) is 22.0 Å². The minimum Gasteiger partial charge on any atom is -0.202 e. The van der Waals surface area contributed by atoms with Gasteiger partial charge in [0, 0.05) is 0 Å². The highest BCUT2D eigenvalue weighted by Crippen LogP contribution is 2.16. The van der Waals surface area contributed by atoms with Gasteiger partial charge in [-0.3, -0.25) is 0 Å². The van der Waals surface area contributed by atoms with Crippen molar-refractivity contribution in [3.63, 3.8) is 0 Å². The lowest BCUT2D eigenvalue weighted by molar-refractivity contribution is 0.145. The van der Waals surface area contributed by atoms with Crippen LogP contribution < -0.4 is 0 Å². The molecule has 0 spiro atoms. The van der Waals surface area contributed by atoms with Gasteiger partial charge in [-0.15, -0.1) is 5.73 Å². The molecule has 11 heavy (non-hydrogen) atoms. The number of alkyl halides is 2. The van der Waals surface area contributed by atoms with Gasteiger partial charge >= 0.3 is 6.08 Å². The van der Waals surface area contributed by atoms with Crippen LogP contribution in [0.5, 0.6) is 0 Å². The summed E-state index contributed by atoms with van der Waals surface area (Å²) in [6.45, 7) is 6.25. The molecule has 0 aromatic heterocycles. The Bertz CT molecular complexity index is 160. The van der Waals surface area contributed by atoms with Gasteiger partial charge in [-0.1, -0.05) is 13.2 Å². The first kappa shape index (κ1) is 12.6. The van der Waals surface area contributed by atoms with Crippen LogP contribution in [0.1, 0.15) is 0 Å². The molecule has 0 heterocycles. The third kappa shape index (κ3) is 8.91. The van der Waals surface area contributed by atoms with Gasteiger partial charge in [0.05, 0.1) is 0 Å². The highest BCUT2D eigenvalue weighted by molar-refractivity contribution is 4.93. The first-order chi connectivity index (χ1) is 4.97. The maximum Gasteiger partial charge on any atom is 0.307 e. The summed E-state index contributed by atoms with van der Waals surface area (Å²) in [6, 6.07) is 0. The van der Waals surface area contributed by atoms with Gasteiger partial charge in [-0.05, 0) is 0 Å². The average molecular weight is 172 g/mol. The zero-order valence-corrected chi connectivity index (χ0v) is 5.38. The fourth-order valence-corrected chi connectivity index (χ4v) is 0.0825. The van der Waals surface area contributed by atoms with E-state index in [2.05, 4.69) is 18.9 Å². The van der Waals surface area contributed by atoms with Gasteiger partial charge in [0.15, 0.2) is 0 Å². The molecule has 0 aliphatic heterocycles. The maximum absolute atomic E-state index is 11.0. The van der Waals surface area contributed by atoms with Crippen molar-refractivity contribution in [2.45, 2.75) is 6.43 Å². The summed E-state index contributed by atoms with van der Waals surface area (Å²) in [5.74, 6) is -2.65. The third-order valence-corrected chi connectivity index (χ3v) is 0.372. The Labute approximate surface area is 60.3 Å². The first-order valence-electron chi connectivity index (χ1n) is 2.25. The largest absolute Gasteiger partial charge is 0.307 e. The summed E-state index contributed by atoms with van der Waals surface area (Å²) >= 11 is 0. The molecular formula is C6H5F5. The summed E-state index contributed by atoms with van der Waals surface area (Å²) in [5, 5.41) is 0. The smallest absolute Gasteiger partial charge is 0.202 e. The Kier molecular flexibility index (Phi) is 8.03. The molecular weight excluding hydrogens is 167 g/mol. The molecule has 0 radical (unpaired) electrons. The number of allylic oxidation sites excluding steroid dienone is 1. The summed E-state index contributed by atoms with van der Waals surface area (Å²) in [4.78, 5) is 0. The van der Waals surface area contributed by atoms with Gasteiger partial charge in [0.25, 0.3) is 6.43 Å². The van der Waals surface area contributed by atoms with E-state index in [-0.39, 0.29) is 0 Å². The highest BCUT2D eigenvalue weighted by atomic mass is 19.3. The van der Waals surface area contributed by atoms with Crippen LogP contribution >= 0.6 is 0 Å². The molecule has 0 atom stereocenters. The standard InChI is InChI=1S/C3HF5.C3H4/c4-1(2(5)6)3(7)8;1-3-2/h2H;1-2H2. The predicted octanol–water partition coefficient (Wildman–Crippen LogP) is 3.29. The van der Waals surface area contributed by atoms with E-state index < -0.39 is 18.3 Å². The molecule has 0 aliphatic rings. The van der Waals surface area contributed by atoms with Crippen molar-refractivity contribution in [1.82, 2.24) is 0 Å². The zero-order chi connectivity index (χ0) is 9.44. The second-order valence-electron chi connectivity index (χ2n) is 1.16. The van der Waals surface area contributed by atoms with Crippen molar-refractivity contribution in [2.75, 3.05) is 0 Å². The van der Waals surface area contributed by atoms with Crippen molar-refractivity contribution in [2.24, 2.45) is 0 Å². The fraction of sp³-hybridized carbons (Fsp3) is 0.167. The van der Waals surface area contributed by atoms with Crippen LogP contribution in [0.3, 0.4) is 0 Å². The second kappa shape index (κ2) is 7.02. The van der Waals surface area contributed by atoms with E-state index in [1.807, 2.05) is 0 Å². The quantitative estimate of drug-likeness (QED) is 0.420. The lowest BCUT2D eigenvalue weighted by atomic mass is 10.6. The molecule has 0 saturated heterocycles. The molecule has 64 valence electrons. The van der Waals surface area contributed by atoms with Crippen molar-refractivity contribution < 1.29 is 22.0 Å². The van der Waals surface area contributed by atoms with E-state index in [1.54, 1.807) is 0 Å². The van der Waals surface area contributed by atoms with E-state index in [9.17, 15) is 22.0 Å². The molecule has 0 aromatic carbocycles. The number of halogens is 5. The average Bonchev–Trinajstić information content (AvgIpc) is 1.87. The summed E-state index contributed by atoms with van der Waals surface area (Å²) in [6.07, 6.45) is -6.65. The van der Waals surface area contributed by atoms with Crippen LogP contribution in [-0.4, -0.2) is 6.43 Å². The maximum atomic E-state index is 11.0. The molecule has 0 rings (SSSR count). The van der Waals surface area contributed by atoms with Crippen LogP contribution in [0.2, 0.25) is 0 Å². The van der Waals surface area contributed by atoms with Gasteiger partial charge in [0.2, 0.25) is 5.83 Å². The van der Waals surface area contributed by atoms with Crippen LogP contribution in [0.25, 0.3) is 0 Å². The SMILES string of the molecule is C=C=C.FC(F)=C(F)C(F)F. The summed E-state index contributed by atoms with van der Waals surface area (Å²) in [7, 11) is 0. The number of rotatable bonds is 1. The Morgan fingerprint density at radius 3 is 1.36 bits per heavy atom. The molecule has 5 heteroatoms. The number of hydrogen-bond acceptors (Lipinski definition) is 0. The van der Waals surface area contributed by atoms with Gasteiger partial charge in [0.1, 0.15) is 0 Å². The first-order valence-corrected chi connectivity index (χ1v) is 2.25. The van der Waals surface area contributed by atoms with E-state index in [0.29, 0.717) is 0 Å². The lowest BCUT2D eigenvalue weighted by Crippen LogP contribution is -1.90. The van der Waals surface area contributed by atoms with Gasteiger partial charge in [-0.2, -0.15) is 13.2 Å². The number of hydrogen-bond donors (Lipinski definition) is 0. The van der Waals surface area contributed by atoms with Gasteiger partial charge < -0.3 is 0 Å². The molecule has 0 fully saturated rings. The monoisotopic (exact) mass is 172 g/mol. The molecule has 0 nitrogen and oxygen atoms in total. The summed E-state index contributed by atoms with van der Waals surface area (Å²) < 4.78 is 54.0. The van der Waals surface area contributed by atoms with Crippen molar-refractivity contribution in [3.8, 4) is 0 Å². The van der Waals surface area contributed by atoms with Crippen LogP contribution in [-0.2, 0) is 0 Å². The van der Waals surface area contributed by atoms with Gasteiger partial charge in [-0.25, -0.2) is 8.78 Å². The summed E-state index contributed by atoms with van der Waals surface area (Å²) in [5.41, 5.74) is 2.25. The Balaban J connectivity index is 0. The van der Waals surface area contributed by atoms with Crippen LogP contribution in [0.15, 0.2) is 30.8 Å². The third-order valence-electron chi connectivity index (χ3n) is 0.372. The molecule has 0 aromatic rings. The van der Waals surface area contributed by atoms with Crippen LogP contribution in [0, 0.1) is 0 Å². The minimum atomic E-state index is -3.69. The second-order valence-corrected chi connectivity index (χ2v) is 1.16. The minimum absolute atomic E-state index is 2.25. The van der Waals surface area contributed by atoms with Crippen molar-refractivity contribution in [3.05, 3.63) is 30.8 Å². The van der Waals surface area contributed by atoms with E-state index >= 15 is 0 Å². The molecule has 0 saturated carbocycles. The zero-order valence-electron chi connectivity index (χ0n) is 5.38. The topological polar surface area (TPSA) is 0 Å². The Morgan fingerprint density at radius 2 is 1.36 bits per heavy atom. The Hall–Kier alpha value is -1.09. The van der Waals surface area contributed by atoms with E-state index in [0.717, 1.165) is 0 Å². The molecule has 0 N–H and O–H groups in total. The highest BCUT2D eigenvalue weighted by Gasteiger charge is 2.16. The molecule has 0 bridgehead atoms. The van der Waals surface area contributed by atoms with Crippen molar-refractivity contribution in [1.29, 1.82) is 0 Å². The van der Waals surface area contributed by atoms with Crippen molar-refractivity contribution >= 4 is 0 Å². The molecule has 0 unspecified atom stereocenters. The Morgan fingerprint density at radius 1 is 1.09 bits per heavy atom. The normalized spacial score (nSPS) is 7.82. The lowest BCUT2D eigenvalue weighted by Gasteiger charge is -1.88. The van der Waals surface area contributed by atoms with E-state index in [1.165, 1.54) is 0 Å². The van der Waals surface area contributed by atoms with E-state index in [4.69, 9.17) is 0 Å².